The Hall–Kier alpha value is -0.200. The molecule has 0 unspecified atom stereocenters. The third kappa shape index (κ3) is 8.40. The van der Waals surface area contributed by atoms with E-state index in [1.807, 2.05) is 0 Å². The molecule has 0 saturated carbocycles. The first-order chi connectivity index (χ1) is 6.33. The van der Waals surface area contributed by atoms with E-state index in [1.54, 1.807) is 0 Å². The van der Waals surface area contributed by atoms with Crippen molar-refractivity contribution >= 4 is 27.2 Å². The Morgan fingerprint density at radius 2 is 2.07 bits per heavy atom. The van der Waals surface area contributed by atoms with Crippen LogP contribution in [0.25, 0.3) is 0 Å². The van der Waals surface area contributed by atoms with E-state index in [4.69, 9.17) is 5.73 Å². The van der Waals surface area contributed by atoms with E-state index in [9.17, 15) is 8.42 Å². The van der Waals surface area contributed by atoms with Crippen molar-refractivity contribution in [1.82, 2.24) is 4.72 Å². The Labute approximate surface area is 91.3 Å². The maximum absolute atomic E-state index is 11.2. The smallest absolute Gasteiger partial charge is 0.218 e. The van der Waals surface area contributed by atoms with Crippen molar-refractivity contribution in [2.45, 2.75) is 26.7 Å². The van der Waals surface area contributed by atoms with Crippen molar-refractivity contribution in [2.24, 2.45) is 11.7 Å². The summed E-state index contributed by atoms with van der Waals surface area (Å²) in [5.41, 5.74) is 5.14. The number of nitrogens with one attached hydrogen (secondary N) is 1. The van der Waals surface area contributed by atoms with Gasteiger partial charge in [0.2, 0.25) is 10.0 Å². The lowest BCUT2D eigenvalue weighted by molar-refractivity contribution is 0.541. The molecule has 14 heavy (non-hydrogen) atoms. The molecule has 4 nitrogen and oxygen atoms in total. The van der Waals surface area contributed by atoms with Gasteiger partial charge < -0.3 is 5.73 Å². The number of hydrogen-bond acceptors (Lipinski definition) is 3. The van der Waals surface area contributed by atoms with Crippen molar-refractivity contribution in [3.63, 3.8) is 0 Å². The summed E-state index contributed by atoms with van der Waals surface area (Å²) in [6.07, 6.45) is 1.85. The number of sulfonamides is 1. The molecule has 0 atom stereocenters. The van der Waals surface area contributed by atoms with E-state index in [0.717, 1.165) is 12.8 Å². The lowest BCUT2D eigenvalue weighted by Crippen LogP contribution is -2.33. The number of hydrogen-bond donors (Lipinski definition) is 2. The fourth-order valence-electron chi connectivity index (χ4n) is 0.976. The molecule has 0 saturated heterocycles. The maximum Gasteiger partial charge on any atom is 0.218 e. The van der Waals surface area contributed by atoms with Crippen LogP contribution in [0.1, 0.15) is 26.7 Å². The second kappa shape index (κ2) is 6.31. The molecule has 0 aromatic carbocycles. The molecule has 6 heteroatoms. The monoisotopic (exact) mass is 238 g/mol. The summed E-state index contributed by atoms with van der Waals surface area (Å²) in [7, 11) is -3.29. The normalized spacial score (nSPS) is 11.9. The molecule has 84 valence electrons. The molecule has 0 aliphatic heterocycles. The summed E-state index contributed by atoms with van der Waals surface area (Å²) in [4.78, 5) is 0.00126. The van der Waals surface area contributed by atoms with Crippen LogP contribution in [0.5, 0.6) is 0 Å². The van der Waals surface area contributed by atoms with Gasteiger partial charge in [0.1, 0.15) is 5.75 Å². The fraction of sp³-hybridized carbons (Fsp3) is 0.875. The van der Waals surface area contributed by atoms with E-state index in [-0.39, 0.29) is 10.7 Å². The minimum atomic E-state index is -3.29. The molecule has 0 aromatic heterocycles. The topological polar surface area (TPSA) is 72.2 Å². The molecule has 0 aliphatic carbocycles. The minimum absolute atomic E-state index is 0.00126. The lowest BCUT2D eigenvalue weighted by atomic mass is 10.1. The van der Waals surface area contributed by atoms with Gasteiger partial charge in [0.05, 0.1) is 4.99 Å². The van der Waals surface area contributed by atoms with Gasteiger partial charge in [0.25, 0.3) is 0 Å². The summed E-state index contributed by atoms with van der Waals surface area (Å²) >= 11 is 4.52. The first kappa shape index (κ1) is 13.8. The SMILES string of the molecule is CC(C)CCCNS(=O)(=O)CC(N)=S. The van der Waals surface area contributed by atoms with E-state index >= 15 is 0 Å². The van der Waals surface area contributed by atoms with Gasteiger partial charge in [-0.3, -0.25) is 0 Å². The molecular formula is C8H18N2O2S2. The van der Waals surface area contributed by atoms with Crippen LogP contribution in [0.4, 0.5) is 0 Å². The van der Waals surface area contributed by atoms with Gasteiger partial charge in [-0.1, -0.05) is 26.1 Å². The Balaban J connectivity index is 3.72. The summed E-state index contributed by atoms with van der Waals surface area (Å²) in [6, 6.07) is 0. The number of thiocarbonyl (C=S) groups is 1. The minimum Gasteiger partial charge on any atom is -0.392 e. The second-order valence-electron chi connectivity index (χ2n) is 3.66. The molecule has 3 N–H and O–H groups in total. The third-order valence-corrected chi connectivity index (χ3v) is 3.27. The zero-order valence-electron chi connectivity index (χ0n) is 8.62. The van der Waals surface area contributed by atoms with E-state index in [1.165, 1.54) is 0 Å². The Kier molecular flexibility index (Phi) is 6.22. The fourth-order valence-corrected chi connectivity index (χ4v) is 2.37. The molecule has 0 radical (unpaired) electrons. The zero-order valence-corrected chi connectivity index (χ0v) is 10.2. The van der Waals surface area contributed by atoms with Gasteiger partial charge in [-0.05, 0) is 18.8 Å². The van der Waals surface area contributed by atoms with Crippen LogP contribution in [0.3, 0.4) is 0 Å². The van der Waals surface area contributed by atoms with Crippen LogP contribution in [-0.2, 0) is 10.0 Å². The molecule has 0 bridgehead atoms. The van der Waals surface area contributed by atoms with Crippen LogP contribution in [0, 0.1) is 5.92 Å². The Morgan fingerprint density at radius 1 is 1.50 bits per heavy atom. The quantitative estimate of drug-likeness (QED) is 0.504. The zero-order chi connectivity index (χ0) is 11.2. The van der Waals surface area contributed by atoms with Crippen LogP contribution < -0.4 is 10.5 Å². The molecule has 0 aliphatic rings. The average Bonchev–Trinajstić information content (AvgIpc) is 1.95. The van der Waals surface area contributed by atoms with Crippen molar-refractivity contribution in [3.05, 3.63) is 0 Å². The predicted molar refractivity (Wildman–Crippen MR) is 62.6 cm³/mol. The maximum atomic E-state index is 11.2. The molecule has 0 aromatic rings. The van der Waals surface area contributed by atoms with Crippen molar-refractivity contribution in [2.75, 3.05) is 12.3 Å². The van der Waals surface area contributed by atoms with Gasteiger partial charge in [-0.2, -0.15) is 0 Å². The van der Waals surface area contributed by atoms with Crippen molar-refractivity contribution < 1.29 is 8.42 Å². The Morgan fingerprint density at radius 3 is 2.50 bits per heavy atom. The number of nitrogens with two attached hydrogens (primary N) is 1. The van der Waals surface area contributed by atoms with E-state index < -0.39 is 10.0 Å². The van der Waals surface area contributed by atoms with Crippen LogP contribution in [0.15, 0.2) is 0 Å². The molecule has 0 heterocycles. The standard InChI is InChI=1S/C8H18N2O2S2/c1-7(2)4-3-5-10-14(11,12)6-8(9)13/h7,10H,3-6H2,1-2H3,(H2,9,13). The molecule has 0 rings (SSSR count). The summed E-state index contributed by atoms with van der Waals surface area (Å²) in [5, 5.41) is 0. The summed E-state index contributed by atoms with van der Waals surface area (Å²) < 4.78 is 24.9. The lowest BCUT2D eigenvalue weighted by Gasteiger charge is -2.06. The summed E-state index contributed by atoms with van der Waals surface area (Å²) in [6.45, 7) is 4.66. The van der Waals surface area contributed by atoms with Gasteiger partial charge in [-0.15, -0.1) is 0 Å². The van der Waals surface area contributed by atoms with Crippen molar-refractivity contribution in [1.29, 1.82) is 0 Å². The highest BCUT2D eigenvalue weighted by molar-refractivity contribution is 7.92. The predicted octanol–water partition coefficient (Wildman–Crippen LogP) is 0.628. The van der Waals surface area contributed by atoms with Gasteiger partial charge in [0, 0.05) is 6.54 Å². The Bertz CT molecular complexity index is 273. The number of rotatable bonds is 7. The average molecular weight is 238 g/mol. The van der Waals surface area contributed by atoms with Gasteiger partial charge >= 0.3 is 0 Å². The van der Waals surface area contributed by atoms with Crippen LogP contribution in [-0.4, -0.2) is 25.7 Å². The van der Waals surface area contributed by atoms with Gasteiger partial charge in [0.15, 0.2) is 0 Å². The van der Waals surface area contributed by atoms with Crippen LogP contribution in [0.2, 0.25) is 0 Å². The first-order valence-corrected chi connectivity index (χ1v) is 6.65. The van der Waals surface area contributed by atoms with Crippen molar-refractivity contribution in [3.8, 4) is 0 Å². The molecular weight excluding hydrogens is 220 g/mol. The highest BCUT2D eigenvalue weighted by atomic mass is 32.2. The largest absolute Gasteiger partial charge is 0.392 e. The highest BCUT2D eigenvalue weighted by Crippen LogP contribution is 2.02. The second-order valence-corrected chi connectivity index (χ2v) is 5.99. The molecule has 0 fully saturated rings. The highest BCUT2D eigenvalue weighted by Gasteiger charge is 2.10. The van der Waals surface area contributed by atoms with E-state index in [2.05, 4.69) is 30.8 Å². The molecule has 0 amide bonds. The van der Waals surface area contributed by atoms with E-state index in [0.29, 0.717) is 12.5 Å². The first-order valence-electron chi connectivity index (χ1n) is 4.59. The van der Waals surface area contributed by atoms with Gasteiger partial charge in [-0.25, -0.2) is 13.1 Å². The third-order valence-electron chi connectivity index (χ3n) is 1.61. The summed E-state index contributed by atoms with van der Waals surface area (Å²) in [5.74, 6) is 0.333. The molecule has 0 spiro atoms. The van der Waals surface area contributed by atoms with Crippen LogP contribution >= 0.6 is 12.2 Å².